The van der Waals surface area contributed by atoms with Crippen molar-refractivity contribution in [2.24, 2.45) is 0 Å². The Hall–Kier alpha value is -0.0800. The van der Waals surface area contributed by atoms with E-state index in [2.05, 4.69) is 10.4 Å². The highest BCUT2D eigenvalue weighted by atomic mass is 15.7. The predicted molar refractivity (Wildman–Crippen MR) is 32.1 cm³/mol. The van der Waals surface area contributed by atoms with E-state index < -0.39 is 0 Å². The van der Waals surface area contributed by atoms with Gasteiger partial charge >= 0.3 is 0 Å². The lowest BCUT2D eigenvalue weighted by Crippen LogP contribution is -2.01. The van der Waals surface area contributed by atoms with E-state index in [-0.39, 0.29) is 0 Å². The molecule has 0 bridgehead atoms. The summed E-state index contributed by atoms with van der Waals surface area (Å²) in [5.41, 5.74) is 3.30. The van der Waals surface area contributed by atoms with Gasteiger partial charge in [-0.15, -0.1) is 0 Å². The van der Waals surface area contributed by atoms with E-state index >= 15 is 0 Å². The van der Waals surface area contributed by atoms with Gasteiger partial charge in [-0.2, -0.15) is 0 Å². The Morgan fingerprint density at radius 1 is 1.25 bits per heavy atom. The summed E-state index contributed by atoms with van der Waals surface area (Å²) in [6.45, 7) is 1.28. The first-order valence-corrected chi connectivity index (χ1v) is 3.49. The quantitative estimate of drug-likeness (QED) is 0.467. The lowest BCUT2D eigenvalue weighted by molar-refractivity contribution is 0.484. The zero-order chi connectivity index (χ0) is 5.40. The summed E-state index contributed by atoms with van der Waals surface area (Å²) in [6.07, 6.45) is 6.41. The second kappa shape index (κ2) is 1.71. The molecule has 0 spiro atoms. The average Bonchev–Trinajstić information content (AvgIpc) is 2.36. The van der Waals surface area contributed by atoms with Crippen molar-refractivity contribution in [3.8, 4) is 0 Å². The van der Waals surface area contributed by atoms with Gasteiger partial charge in [-0.3, -0.25) is 0 Å². The fraction of sp³-hybridized carbons (Fsp3) is 1.00. The van der Waals surface area contributed by atoms with Crippen LogP contribution < -0.4 is 5.43 Å². The van der Waals surface area contributed by atoms with Crippen LogP contribution in [0.4, 0.5) is 0 Å². The van der Waals surface area contributed by atoms with Gasteiger partial charge in [0.15, 0.2) is 0 Å². The van der Waals surface area contributed by atoms with Gasteiger partial charge in [0.25, 0.3) is 0 Å². The van der Waals surface area contributed by atoms with Crippen LogP contribution in [0.25, 0.3) is 0 Å². The Morgan fingerprint density at radius 3 is 3.25 bits per heavy atom. The molecule has 0 aliphatic carbocycles. The highest BCUT2D eigenvalue weighted by Crippen LogP contribution is 2.21. The van der Waals surface area contributed by atoms with Crippen LogP contribution in [0.2, 0.25) is 0 Å². The molecule has 2 aliphatic rings. The van der Waals surface area contributed by atoms with Crippen LogP contribution in [0.3, 0.4) is 0 Å². The first-order chi connectivity index (χ1) is 3.97. The molecule has 2 unspecified atom stereocenters. The standard InChI is InChI=1S/C6H12N2/c1-2-4-6-7-8(6)5-3-1/h6-7H,1-5H2. The maximum absolute atomic E-state index is 3.30. The van der Waals surface area contributed by atoms with Gasteiger partial charge in [-0.25, -0.2) is 10.4 Å². The fourth-order valence-electron chi connectivity index (χ4n) is 1.40. The van der Waals surface area contributed by atoms with Crippen molar-refractivity contribution in [1.82, 2.24) is 10.4 Å². The van der Waals surface area contributed by atoms with Gasteiger partial charge in [0.05, 0.1) is 6.17 Å². The summed E-state index contributed by atoms with van der Waals surface area (Å²) < 4.78 is 0. The summed E-state index contributed by atoms with van der Waals surface area (Å²) in [5.74, 6) is 0. The molecule has 2 rings (SSSR count). The number of rotatable bonds is 0. The van der Waals surface area contributed by atoms with Crippen molar-refractivity contribution < 1.29 is 0 Å². The van der Waals surface area contributed by atoms with Crippen molar-refractivity contribution in [3.63, 3.8) is 0 Å². The van der Waals surface area contributed by atoms with Gasteiger partial charge in [0, 0.05) is 6.54 Å². The van der Waals surface area contributed by atoms with Gasteiger partial charge in [-0.1, -0.05) is 12.8 Å². The lowest BCUT2D eigenvalue weighted by atomic mass is 10.2. The Balaban J connectivity index is 1.89. The van der Waals surface area contributed by atoms with E-state index in [9.17, 15) is 0 Å². The average molecular weight is 112 g/mol. The molecule has 46 valence electrons. The zero-order valence-corrected chi connectivity index (χ0v) is 5.06. The van der Waals surface area contributed by atoms with E-state index in [0.717, 1.165) is 6.17 Å². The second-order valence-corrected chi connectivity index (χ2v) is 2.69. The van der Waals surface area contributed by atoms with Crippen LogP contribution in [0.5, 0.6) is 0 Å². The van der Waals surface area contributed by atoms with E-state index in [4.69, 9.17) is 0 Å². The third kappa shape index (κ3) is 0.740. The Labute approximate surface area is 49.8 Å². The zero-order valence-electron chi connectivity index (χ0n) is 5.06. The third-order valence-corrected chi connectivity index (χ3v) is 2.00. The summed E-state index contributed by atoms with van der Waals surface area (Å²) in [5, 5.41) is 2.34. The van der Waals surface area contributed by atoms with Crippen molar-refractivity contribution in [3.05, 3.63) is 0 Å². The van der Waals surface area contributed by atoms with Gasteiger partial charge < -0.3 is 0 Å². The molecule has 8 heavy (non-hydrogen) atoms. The van der Waals surface area contributed by atoms with Crippen LogP contribution in [-0.2, 0) is 0 Å². The molecule has 2 heteroatoms. The fourth-order valence-corrected chi connectivity index (χ4v) is 1.40. The van der Waals surface area contributed by atoms with Crippen LogP contribution in [0, 0.1) is 0 Å². The minimum atomic E-state index is 0.775. The Morgan fingerprint density at radius 2 is 2.25 bits per heavy atom. The molecular formula is C6H12N2. The highest BCUT2D eigenvalue weighted by molar-refractivity contribution is 4.80. The number of nitrogens with zero attached hydrogens (tertiary/aromatic N) is 1. The second-order valence-electron chi connectivity index (χ2n) is 2.69. The topological polar surface area (TPSA) is 25.0 Å². The molecule has 2 atom stereocenters. The summed E-state index contributed by atoms with van der Waals surface area (Å²) in [6, 6.07) is 0. The maximum atomic E-state index is 3.30. The predicted octanol–water partition coefficient (Wildman–Crippen LogP) is 0.707. The molecule has 2 aliphatic heterocycles. The van der Waals surface area contributed by atoms with Crippen molar-refractivity contribution >= 4 is 0 Å². The van der Waals surface area contributed by atoms with Crippen LogP contribution >= 0.6 is 0 Å². The normalized spacial score (nSPS) is 45.0. The van der Waals surface area contributed by atoms with E-state index in [1.807, 2.05) is 0 Å². The van der Waals surface area contributed by atoms with Crippen LogP contribution in [0.1, 0.15) is 25.7 Å². The number of fused-ring (bicyclic) bond motifs is 1. The van der Waals surface area contributed by atoms with Crippen molar-refractivity contribution in [1.29, 1.82) is 0 Å². The molecule has 2 fully saturated rings. The Kier molecular flexibility index (Phi) is 1.02. The molecule has 0 aromatic heterocycles. The number of hydrogen-bond acceptors (Lipinski definition) is 2. The van der Waals surface area contributed by atoms with Gasteiger partial charge in [0.1, 0.15) is 0 Å². The molecule has 1 N–H and O–H groups in total. The molecule has 2 heterocycles. The Bertz CT molecular complexity index is 82.5. The molecule has 0 radical (unpaired) electrons. The lowest BCUT2D eigenvalue weighted by Gasteiger charge is -1.92. The number of hydrogen-bond donors (Lipinski definition) is 1. The molecule has 2 nitrogen and oxygen atoms in total. The van der Waals surface area contributed by atoms with Crippen LogP contribution in [0.15, 0.2) is 0 Å². The van der Waals surface area contributed by atoms with E-state index in [1.54, 1.807) is 0 Å². The SMILES string of the molecule is C1CCC2NN2CC1. The van der Waals surface area contributed by atoms with Crippen LogP contribution in [-0.4, -0.2) is 17.7 Å². The minimum absolute atomic E-state index is 0.775. The third-order valence-electron chi connectivity index (χ3n) is 2.00. The first kappa shape index (κ1) is 4.77. The first-order valence-electron chi connectivity index (χ1n) is 3.49. The molecule has 0 aromatic rings. The van der Waals surface area contributed by atoms with Gasteiger partial charge in [0.2, 0.25) is 0 Å². The number of hydrazine groups is 1. The molecule has 2 saturated heterocycles. The number of nitrogens with one attached hydrogen (secondary N) is 1. The monoisotopic (exact) mass is 112 g/mol. The smallest absolute Gasteiger partial charge is 0.0863 e. The molecular weight excluding hydrogens is 100 g/mol. The van der Waals surface area contributed by atoms with E-state index in [0.29, 0.717) is 0 Å². The minimum Gasteiger partial charge on any atom is -0.235 e. The van der Waals surface area contributed by atoms with Crippen molar-refractivity contribution in [2.45, 2.75) is 31.8 Å². The highest BCUT2D eigenvalue weighted by Gasteiger charge is 2.32. The molecule has 0 amide bonds. The largest absolute Gasteiger partial charge is 0.235 e. The summed E-state index contributed by atoms with van der Waals surface area (Å²) >= 11 is 0. The summed E-state index contributed by atoms with van der Waals surface area (Å²) in [7, 11) is 0. The van der Waals surface area contributed by atoms with Gasteiger partial charge in [-0.05, 0) is 12.8 Å². The van der Waals surface area contributed by atoms with E-state index in [1.165, 1.54) is 32.2 Å². The summed E-state index contributed by atoms with van der Waals surface area (Å²) in [4.78, 5) is 0. The maximum Gasteiger partial charge on any atom is 0.0863 e. The molecule has 0 aromatic carbocycles. The molecule has 0 saturated carbocycles. The van der Waals surface area contributed by atoms with Crippen molar-refractivity contribution in [2.75, 3.05) is 6.54 Å².